The number of allylic oxidation sites excluding steroid dienone is 2. The molecule has 0 rings (SSSR count). The molecule has 314 valence electrons. The zero-order valence-electron chi connectivity index (χ0n) is 34.5. The highest BCUT2D eigenvalue weighted by Gasteiger charge is 2.26. The SMILES string of the molecule is CCCC/C=C/CCCCCCCCCCCC(=O)O[C@H](COC(=O)CCCCCCCCCCCCCCCCCCC)COP(=O)(O)OCCN. The second kappa shape index (κ2) is 40.4. The Morgan fingerprint density at radius 1 is 0.547 bits per heavy atom. The summed E-state index contributed by atoms with van der Waals surface area (Å²) >= 11 is 0. The van der Waals surface area contributed by atoms with Gasteiger partial charge in [-0.05, 0) is 32.1 Å². The van der Waals surface area contributed by atoms with E-state index in [4.69, 9.17) is 24.3 Å². The van der Waals surface area contributed by atoms with Gasteiger partial charge >= 0.3 is 19.8 Å². The molecule has 0 heterocycles. The zero-order valence-corrected chi connectivity index (χ0v) is 35.4. The molecule has 2 atom stereocenters. The number of carbonyl (C=O) groups excluding carboxylic acids is 2. The average Bonchev–Trinajstić information content (AvgIpc) is 3.14. The number of unbranched alkanes of at least 4 members (excludes halogenated alkanes) is 27. The van der Waals surface area contributed by atoms with Crippen LogP contribution in [0.2, 0.25) is 0 Å². The molecule has 1 unspecified atom stereocenters. The van der Waals surface area contributed by atoms with Gasteiger partial charge in [-0.1, -0.05) is 187 Å². The molecular formula is C43H84NO8P. The van der Waals surface area contributed by atoms with Crippen LogP contribution in [0.5, 0.6) is 0 Å². The van der Waals surface area contributed by atoms with Gasteiger partial charge < -0.3 is 20.1 Å². The van der Waals surface area contributed by atoms with Crippen LogP contribution in [0.3, 0.4) is 0 Å². The van der Waals surface area contributed by atoms with Crippen molar-refractivity contribution in [3.63, 3.8) is 0 Å². The summed E-state index contributed by atoms with van der Waals surface area (Å²) in [6, 6.07) is 0. The van der Waals surface area contributed by atoms with E-state index in [0.29, 0.717) is 6.42 Å². The number of phosphoric ester groups is 1. The summed E-state index contributed by atoms with van der Waals surface area (Å²) in [5, 5.41) is 0. The van der Waals surface area contributed by atoms with Crippen molar-refractivity contribution < 1.29 is 37.6 Å². The third-order valence-electron chi connectivity index (χ3n) is 9.65. The smallest absolute Gasteiger partial charge is 0.462 e. The molecule has 0 saturated carbocycles. The van der Waals surface area contributed by atoms with E-state index < -0.39 is 26.5 Å². The van der Waals surface area contributed by atoms with Crippen LogP contribution in [0.25, 0.3) is 0 Å². The molecule has 0 aromatic heterocycles. The molecule has 0 fully saturated rings. The number of ether oxygens (including phenoxy) is 2. The van der Waals surface area contributed by atoms with Gasteiger partial charge in [0.1, 0.15) is 6.61 Å². The van der Waals surface area contributed by atoms with Gasteiger partial charge in [0.05, 0.1) is 13.2 Å². The van der Waals surface area contributed by atoms with Crippen LogP contribution >= 0.6 is 7.82 Å². The molecule has 0 radical (unpaired) electrons. The molecule has 0 aliphatic rings. The lowest BCUT2D eigenvalue weighted by Gasteiger charge is -2.19. The lowest BCUT2D eigenvalue weighted by molar-refractivity contribution is -0.161. The van der Waals surface area contributed by atoms with Crippen molar-refractivity contribution in [1.29, 1.82) is 0 Å². The highest BCUT2D eigenvalue weighted by atomic mass is 31.2. The van der Waals surface area contributed by atoms with E-state index in [1.165, 1.54) is 148 Å². The monoisotopic (exact) mass is 774 g/mol. The van der Waals surface area contributed by atoms with Crippen molar-refractivity contribution in [1.82, 2.24) is 0 Å². The summed E-state index contributed by atoms with van der Waals surface area (Å²) < 4.78 is 32.8. The third-order valence-corrected chi connectivity index (χ3v) is 10.6. The van der Waals surface area contributed by atoms with E-state index in [1.54, 1.807) is 0 Å². The molecule has 0 aromatic rings. The minimum absolute atomic E-state index is 0.0560. The van der Waals surface area contributed by atoms with Gasteiger partial charge in [-0.3, -0.25) is 18.6 Å². The first-order valence-electron chi connectivity index (χ1n) is 22.2. The van der Waals surface area contributed by atoms with E-state index in [0.717, 1.165) is 38.5 Å². The van der Waals surface area contributed by atoms with Crippen molar-refractivity contribution >= 4 is 19.8 Å². The maximum Gasteiger partial charge on any atom is 0.472 e. The number of nitrogens with two attached hydrogens (primary N) is 1. The van der Waals surface area contributed by atoms with E-state index in [2.05, 4.69) is 26.0 Å². The second-order valence-corrected chi connectivity index (χ2v) is 16.4. The Kier molecular flexibility index (Phi) is 39.5. The highest BCUT2D eigenvalue weighted by Crippen LogP contribution is 2.43. The normalized spacial score (nSPS) is 13.4. The Hall–Kier alpha value is -1.25. The van der Waals surface area contributed by atoms with Crippen molar-refractivity contribution in [2.24, 2.45) is 5.73 Å². The molecule has 10 heteroatoms. The fourth-order valence-corrected chi connectivity index (χ4v) is 7.09. The first-order valence-corrected chi connectivity index (χ1v) is 23.7. The predicted octanol–water partition coefficient (Wildman–Crippen LogP) is 12.6. The van der Waals surface area contributed by atoms with E-state index in [1.807, 2.05) is 0 Å². The van der Waals surface area contributed by atoms with Gasteiger partial charge in [-0.25, -0.2) is 4.57 Å². The van der Waals surface area contributed by atoms with Crippen LogP contribution < -0.4 is 5.73 Å². The Labute approximate surface area is 326 Å². The molecule has 9 nitrogen and oxygen atoms in total. The van der Waals surface area contributed by atoms with Crippen LogP contribution in [0.1, 0.15) is 219 Å². The molecule has 3 N–H and O–H groups in total. The topological polar surface area (TPSA) is 134 Å². The van der Waals surface area contributed by atoms with Gasteiger partial charge in [-0.15, -0.1) is 0 Å². The summed E-state index contributed by atoms with van der Waals surface area (Å²) in [7, 11) is -4.37. The standard InChI is InChI=1S/C43H84NO8P/c1-3-5-7-9-11-13-15-17-19-20-22-23-25-27-29-31-33-35-42(45)49-39-41(40-51-53(47,48)50-38-37-44)52-43(46)36-34-32-30-28-26-24-21-18-16-14-12-10-8-6-4-2/h10,12,41H,3-9,11,13-40,44H2,1-2H3,(H,47,48)/b12-10+/t41-/m1/s1. The second-order valence-electron chi connectivity index (χ2n) is 14.9. The molecule has 0 bridgehead atoms. The lowest BCUT2D eigenvalue weighted by Crippen LogP contribution is -2.29. The van der Waals surface area contributed by atoms with Crippen LogP contribution in [0, 0.1) is 0 Å². The van der Waals surface area contributed by atoms with Gasteiger partial charge in [0.25, 0.3) is 0 Å². The summed E-state index contributed by atoms with van der Waals surface area (Å²) in [5.41, 5.74) is 5.35. The average molecular weight is 774 g/mol. The van der Waals surface area contributed by atoms with Gasteiger partial charge in [0.2, 0.25) is 0 Å². The minimum atomic E-state index is -4.37. The molecule has 0 spiro atoms. The van der Waals surface area contributed by atoms with E-state index in [-0.39, 0.29) is 38.6 Å². The van der Waals surface area contributed by atoms with Crippen LogP contribution in [0.15, 0.2) is 12.2 Å². The largest absolute Gasteiger partial charge is 0.472 e. The van der Waals surface area contributed by atoms with Crippen LogP contribution in [-0.2, 0) is 32.7 Å². The fourth-order valence-electron chi connectivity index (χ4n) is 6.32. The molecule has 0 aliphatic heterocycles. The first kappa shape index (κ1) is 51.8. The number of hydrogen-bond acceptors (Lipinski definition) is 8. The Morgan fingerprint density at radius 3 is 1.40 bits per heavy atom. The minimum Gasteiger partial charge on any atom is -0.462 e. The van der Waals surface area contributed by atoms with Crippen molar-refractivity contribution in [2.75, 3.05) is 26.4 Å². The summed E-state index contributed by atoms with van der Waals surface area (Å²) in [6.45, 7) is 3.73. The molecule has 0 amide bonds. The number of rotatable bonds is 42. The summed E-state index contributed by atoms with van der Waals surface area (Å²) in [6.07, 6.45) is 40.9. The molecule has 0 saturated heterocycles. The molecule has 53 heavy (non-hydrogen) atoms. The number of phosphoric acid groups is 1. The van der Waals surface area contributed by atoms with Crippen molar-refractivity contribution in [3.05, 3.63) is 12.2 Å². The summed E-state index contributed by atoms with van der Waals surface area (Å²) in [5.74, 6) is -0.819. The Balaban J connectivity index is 4.09. The van der Waals surface area contributed by atoms with Crippen molar-refractivity contribution in [2.45, 2.75) is 225 Å². The Bertz CT molecular complexity index is 886. The van der Waals surface area contributed by atoms with Gasteiger partial charge in [0, 0.05) is 19.4 Å². The number of esters is 2. The van der Waals surface area contributed by atoms with Crippen LogP contribution in [0.4, 0.5) is 0 Å². The fraction of sp³-hybridized carbons (Fsp3) is 0.907. The number of hydrogen-bond donors (Lipinski definition) is 2. The van der Waals surface area contributed by atoms with E-state index >= 15 is 0 Å². The van der Waals surface area contributed by atoms with E-state index in [9.17, 15) is 19.0 Å². The number of carbonyl (C=O) groups is 2. The first-order chi connectivity index (χ1) is 25.8. The Morgan fingerprint density at radius 2 is 0.943 bits per heavy atom. The lowest BCUT2D eigenvalue weighted by atomic mass is 10.0. The zero-order chi connectivity index (χ0) is 38.9. The van der Waals surface area contributed by atoms with Gasteiger partial charge in [-0.2, -0.15) is 0 Å². The quantitative estimate of drug-likeness (QED) is 0.0269. The molecule has 0 aliphatic carbocycles. The van der Waals surface area contributed by atoms with Gasteiger partial charge in [0.15, 0.2) is 6.10 Å². The molecule has 0 aromatic carbocycles. The predicted molar refractivity (Wildman–Crippen MR) is 220 cm³/mol. The van der Waals surface area contributed by atoms with Crippen molar-refractivity contribution in [3.8, 4) is 0 Å². The van der Waals surface area contributed by atoms with Crippen LogP contribution in [-0.4, -0.2) is 49.3 Å². The third kappa shape index (κ3) is 40.2. The maximum atomic E-state index is 12.6. The maximum absolute atomic E-state index is 12.6. The summed E-state index contributed by atoms with van der Waals surface area (Å²) in [4.78, 5) is 34.9. The molecular weight excluding hydrogens is 689 g/mol. The highest BCUT2D eigenvalue weighted by molar-refractivity contribution is 7.47.